The summed E-state index contributed by atoms with van der Waals surface area (Å²) in [6.45, 7) is 1.79. The number of aromatic nitrogens is 2. The molecule has 16 heavy (non-hydrogen) atoms. The van der Waals surface area contributed by atoms with Crippen molar-refractivity contribution in [3.8, 4) is 0 Å². The maximum atomic E-state index is 5.27. The second kappa shape index (κ2) is 5.96. The number of aryl methyl sites for hydroxylation is 1. The summed E-state index contributed by atoms with van der Waals surface area (Å²) in [6.07, 6.45) is 5.34. The van der Waals surface area contributed by atoms with E-state index in [0.717, 1.165) is 44.1 Å². The topological polar surface area (TPSA) is 60.2 Å². The van der Waals surface area contributed by atoms with Gasteiger partial charge in [-0.05, 0) is 25.8 Å². The van der Waals surface area contributed by atoms with E-state index in [-0.39, 0.29) is 6.04 Å². The molecule has 0 radical (unpaired) electrons. The molecule has 1 atom stereocenters. The first-order valence-corrected chi connectivity index (χ1v) is 5.95. The zero-order valence-corrected chi connectivity index (χ0v) is 9.74. The van der Waals surface area contributed by atoms with Crippen LogP contribution in [0.25, 0.3) is 0 Å². The van der Waals surface area contributed by atoms with Gasteiger partial charge in [-0.1, -0.05) is 11.6 Å². The summed E-state index contributed by atoms with van der Waals surface area (Å²) >= 11 is 0. The van der Waals surface area contributed by atoms with Gasteiger partial charge in [0.15, 0.2) is 5.82 Å². The summed E-state index contributed by atoms with van der Waals surface area (Å²) in [7, 11) is 1.70. The molecule has 0 bridgehead atoms. The van der Waals surface area contributed by atoms with E-state index in [2.05, 4.69) is 15.5 Å². The Morgan fingerprint density at radius 3 is 3.19 bits per heavy atom. The average Bonchev–Trinajstić information content (AvgIpc) is 2.79. The molecule has 1 aromatic heterocycles. The van der Waals surface area contributed by atoms with Gasteiger partial charge < -0.3 is 14.6 Å². The van der Waals surface area contributed by atoms with Crippen LogP contribution in [0.3, 0.4) is 0 Å². The zero-order chi connectivity index (χ0) is 11.2. The second-order valence-corrected chi connectivity index (χ2v) is 4.15. The Bertz CT molecular complexity index is 308. The van der Waals surface area contributed by atoms with E-state index in [9.17, 15) is 0 Å². The minimum atomic E-state index is 0.262. The van der Waals surface area contributed by atoms with Crippen molar-refractivity contribution in [2.24, 2.45) is 0 Å². The molecule has 1 aliphatic rings. The molecule has 5 nitrogen and oxygen atoms in total. The van der Waals surface area contributed by atoms with Gasteiger partial charge in [-0.2, -0.15) is 4.98 Å². The lowest BCUT2D eigenvalue weighted by Crippen LogP contribution is -2.27. The summed E-state index contributed by atoms with van der Waals surface area (Å²) in [5.74, 6) is 1.53. The molecule has 1 saturated heterocycles. The third-order valence-corrected chi connectivity index (χ3v) is 2.84. The zero-order valence-electron chi connectivity index (χ0n) is 9.74. The highest BCUT2D eigenvalue weighted by Gasteiger charge is 2.20. The lowest BCUT2D eigenvalue weighted by molar-refractivity contribution is 0.194. The van der Waals surface area contributed by atoms with Crippen LogP contribution >= 0.6 is 0 Å². The number of hydrogen-bond donors (Lipinski definition) is 1. The molecule has 0 amide bonds. The molecular formula is C11H19N3O2. The standard InChI is InChI=1S/C11H19N3O2/c1-15-8-4-6-10-13-11(16-14-10)9-5-2-3-7-12-9/h9,12H,2-8H2,1H3/t9-/m1/s1. The third-order valence-electron chi connectivity index (χ3n) is 2.84. The van der Waals surface area contributed by atoms with Gasteiger partial charge in [0.25, 0.3) is 0 Å². The van der Waals surface area contributed by atoms with Crippen molar-refractivity contribution in [3.63, 3.8) is 0 Å². The van der Waals surface area contributed by atoms with Gasteiger partial charge in [-0.25, -0.2) is 0 Å². The first kappa shape index (κ1) is 11.5. The first-order chi connectivity index (χ1) is 7.90. The van der Waals surface area contributed by atoms with Gasteiger partial charge >= 0.3 is 0 Å². The largest absolute Gasteiger partial charge is 0.385 e. The van der Waals surface area contributed by atoms with Gasteiger partial charge in [0, 0.05) is 20.1 Å². The fourth-order valence-electron chi connectivity index (χ4n) is 1.95. The van der Waals surface area contributed by atoms with Gasteiger partial charge in [0.1, 0.15) is 0 Å². The van der Waals surface area contributed by atoms with Crippen LogP contribution in [0.5, 0.6) is 0 Å². The Morgan fingerprint density at radius 2 is 2.44 bits per heavy atom. The molecule has 0 aliphatic carbocycles. The summed E-state index contributed by atoms with van der Waals surface area (Å²) in [6, 6.07) is 0.262. The third kappa shape index (κ3) is 3.02. The normalized spacial score (nSPS) is 21.2. The highest BCUT2D eigenvalue weighted by molar-refractivity contribution is 4.94. The SMILES string of the molecule is COCCCc1noc([C@H]2CCCCN2)n1. The number of hydrogen-bond acceptors (Lipinski definition) is 5. The Labute approximate surface area is 95.6 Å². The van der Waals surface area contributed by atoms with E-state index >= 15 is 0 Å². The fourth-order valence-corrected chi connectivity index (χ4v) is 1.95. The van der Waals surface area contributed by atoms with Crippen molar-refractivity contribution < 1.29 is 9.26 Å². The number of ether oxygens (including phenoxy) is 1. The second-order valence-electron chi connectivity index (χ2n) is 4.15. The van der Waals surface area contributed by atoms with Crippen LogP contribution in [0.1, 0.15) is 43.4 Å². The first-order valence-electron chi connectivity index (χ1n) is 5.95. The smallest absolute Gasteiger partial charge is 0.243 e. The van der Waals surface area contributed by atoms with Gasteiger partial charge in [-0.15, -0.1) is 0 Å². The fraction of sp³-hybridized carbons (Fsp3) is 0.818. The van der Waals surface area contributed by atoms with E-state index in [0.29, 0.717) is 0 Å². The van der Waals surface area contributed by atoms with E-state index in [4.69, 9.17) is 9.26 Å². The summed E-state index contributed by atoms with van der Waals surface area (Å²) in [4.78, 5) is 4.41. The van der Waals surface area contributed by atoms with Crippen LogP contribution in [0.2, 0.25) is 0 Å². The minimum absolute atomic E-state index is 0.262. The van der Waals surface area contributed by atoms with Crippen molar-refractivity contribution in [2.45, 2.75) is 38.1 Å². The van der Waals surface area contributed by atoms with Crippen LogP contribution in [-0.4, -0.2) is 30.4 Å². The molecule has 0 saturated carbocycles. The van der Waals surface area contributed by atoms with Crippen LogP contribution in [-0.2, 0) is 11.2 Å². The van der Waals surface area contributed by atoms with Crippen LogP contribution in [0.4, 0.5) is 0 Å². The number of rotatable bonds is 5. The molecule has 1 aromatic rings. The summed E-state index contributed by atoms with van der Waals surface area (Å²) < 4.78 is 10.3. The summed E-state index contributed by atoms with van der Waals surface area (Å²) in [5.41, 5.74) is 0. The van der Waals surface area contributed by atoms with Crippen LogP contribution in [0, 0.1) is 0 Å². The van der Waals surface area contributed by atoms with Crippen molar-refractivity contribution in [1.29, 1.82) is 0 Å². The molecular weight excluding hydrogens is 206 g/mol. The quantitative estimate of drug-likeness (QED) is 0.769. The number of piperidine rings is 1. The minimum Gasteiger partial charge on any atom is -0.385 e. The highest BCUT2D eigenvalue weighted by Crippen LogP contribution is 2.21. The molecule has 1 aliphatic heterocycles. The predicted molar refractivity (Wildman–Crippen MR) is 59.1 cm³/mol. The predicted octanol–water partition coefficient (Wildman–Crippen LogP) is 1.46. The molecule has 0 aromatic carbocycles. The average molecular weight is 225 g/mol. The Kier molecular flexibility index (Phi) is 4.30. The number of nitrogens with zero attached hydrogens (tertiary/aromatic N) is 2. The van der Waals surface area contributed by atoms with E-state index < -0.39 is 0 Å². The van der Waals surface area contributed by atoms with Crippen molar-refractivity contribution in [2.75, 3.05) is 20.3 Å². The Morgan fingerprint density at radius 1 is 1.50 bits per heavy atom. The molecule has 0 unspecified atom stereocenters. The van der Waals surface area contributed by atoms with Crippen LogP contribution < -0.4 is 5.32 Å². The Balaban J connectivity index is 1.85. The maximum Gasteiger partial charge on any atom is 0.243 e. The Hall–Kier alpha value is -0.940. The van der Waals surface area contributed by atoms with E-state index in [1.165, 1.54) is 12.8 Å². The van der Waals surface area contributed by atoms with Crippen molar-refractivity contribution >= 4 is 0 Å². The molecule has 90 valence electrons. The monoisotopic (exact) mass is 225 g/mol. The van der Waals surface area contributed by atoms with Crippen molar-refractivity contribution in [1.82, 2.24) is 15.5 Å². The number of methoxy groups -OCH3 is 1. The lowest BCUT2D eigenvalue weighted by atomic mass is 10.1. The molecule has 1 fully saturated rings. The molecule has 2 rings (SSSR count). The maximum absolute atomic E-state index is 5.27. The van der Waals surface area contributed by atoms with Gasteiger partial charge in [0.05, 0.1) is 6.04 Å². The van der Waals surface area contributed by atoms with Gasteiger partial charge in [-0.3, -0.25) is 0 Å². The molecule has 0 spiro atoms. The van der Waals surface area contributed by atoms with E-state index in [1.807, 2.05) is 0 Å². The van der Waals surface area contributed by atoms with Crippen LogP contribution in [0.15, 0.2) is 4.52 Å². The van der Waals surface area contributed by atoms with Gasteiger partial charge in [0.2, 0.25) is 5.89 Å². The summed E-state index contributed by atoms with van der Waals surface area (Å²) in [5, 5.41) is 7.38. The molecule has 5 heteroatoms. The lowest BCUT2D eigenvalue weighted by Gasteiger charge is -2.19. The number of nitrogens with one attached hydrogen (secondary N) is 1. The van der Waals surface area contributed by atoms with Crippen molar-refractivity contribution in [3.05, 3.63) is 11.7 Å². The highest BCUT2D eigenvalue weighted by atomic mass is 16.5. The van der Waals surface area contributed by atoms with E-state index in [1.54, 1.807) is 7.11 Å². The molecule has 2 heterocycles. The molecule has 1 N–H and O–H groups in total.